The molecule has 0 atom stereocenters. The molecule has 5 nitrogen and oxygen atoms in total. The topological polar surface area (TPSA) is 59.4 Å². The molecule has 2 aromatic heterocycles. The van der Waals surface area contributed by atoms with Gasteiger partial charge < -0.3 is 0 Å². The van der Waals surface area contributed by atoms with Gasteiger partial charge in [-0.05, 0) is 25.1 Å². The maximum Gasteiger partial charge on any atom is 0.199 e. The maximum atomic E-state index is 5.19. The molecule has 0 unspecified atom stereocenters. The Balaban J connectivity index is 2.18. The van der Waals surface area contributed by atoms with Crippen molar-refractivity contribution >= 4 is 12.2 Å². The van der Waals surface area contributed by atoms with Crippen molar-refractivity contribution in [3.8, 4) is 5.69 Å². The summed E-state index contributed by atoms with van der Waals surface area (Å²) < 4.78 is 2.51. The zero-order chi connectivity index (χ0) is 10.3. The monoisotopic (exact) mass is 219 g/mol. The first kappa shape index (κ1) is 8.72. The Hall–Kier alpha value is -1.56. The largest absolute Gasteiger partial charge is 0.269 e. The lowest BCUT2D eigenvalue weighted by Crippen LogP contribution is -2.01. The van der Waals surface area contributed by atoms with Crippen molar-refractivity contribution in [1.29, 1.82) is 0 Å². The highest BCUT2D eigenvalue weighted by atomic mass is 32.1. The second kappa shape index (κ2) is 3.23. The van der Waals surface area contributed by atoms with Crippen LogP contribution in [0.3, 0.4) is 0 Å². The molecule has 1 aliphatic rings. The molecule has 1 N–H and O–H groups in total. The average molecular weight is 219 g/mol. The van der Waals surface area contributed by atoms with E-state index in [1.807, 2.05) is 4.57 Å². The number of rotatable bonds is 2. The molecule has 0 aliphatic heterocycles. The van der Waals surface area contributed by atoms with Gasteiger partial charge in [0.1, 0.15) is 12.2 Å². The molecule has 0 aromatic carbocycles. The van der Waals surface area contributed by atoms with Crippen LogP contribution in [0, 0.1) is 4.77 Å². The van der Waals surface area contributed by atoms with E-state index >= 15 is 0 Å². The van der Waals surface area contributed by atoms with Crippen molar-refractivity contribution in [2.24, 2.45) is 0 Å². The fourth-order valence-electron chi connectivity index (χ4n) is 1.58. The lowest BCUT2D eigenvalue weighted by molar-refractivity contribution is 0.859. The minimum Gasteiger partial charge on any atom is -0.269 e. The van der Waals surface area contributed by atoms with Crippen LogP contribution in [0.15, 0.2) is 18.7 Å². The van der Waals surface area contributed by atoms with Crippen LogP contribution in [0.1, 0.15) is 24.6 Å². The molecule has 6 heteroatoms. The molecule has 1 saturated carbocycles. The zero-order valence-corrected chi connectivity index (χ0v) is 8.74. The minimum absolute atomic E-state index is 0.540. The van der Waals surface area contributed by atoms with Gasteiger partial charge in [0.15, 0.2) is 4.77 Å². The van der Waals surface area contributed by atoms with Gasteiger partial charge in [0.05, 0.1) is 18.1 Å². The molecule has 0 spiro atoms. The summed E-state index contributed by atoms with van der Waals surface area (Å²) in [6.07, 6.45) is 7.36. The van der Waals surface area contributed by atoms with E-state index in [1.54, 1.807) is 12.4 Å². The standard InChI is InChI=1S/C9H9N5S/c15-9-13-12-8(6-1-2-6)14(9)7-3-10-5-11-4-7/h3-6H,1-2H2,(H,13,15). The van der Waals surface area contributed by atoms with Gasteiger partial charge in [0, 0.05) is 5.92 Å². The first-order valence-corrected chi connectivity index (χ1v) is 5.20. The first-order chi connectivity index (χ1) is 7.36. The van der Waals surface area contributed by atoms with E-state index in [9.17, 15) is 0 Å². The second-order valence-electron chi connectivity index (χ2n) is 3.59. The van der Waals surface area contributed by atoms with Gasteiger partial charge in [0.2, 0.25) is 0 Å². The molecule has 2 heterocycles. The predicted octanol–water partition coefficient (Wildman–Crippen LogP) is 1.60. The van der Waals surface area contributed by atoms with E-state index in [1.165, 1.54) is 19.2 Å². The molecule has 1 fully saturated rings. The van der Waals surface area contributed by atoms with Crippen LogP contribution in [0.2, 0.25) is 0 Å². The van der Waals surface area contributed by atoms with Crippen LogP contribution in [0.25, 0.3) is 5.69 Å². The van der Waals surface area contributed by atoms with Crippen molar-refractivity contribution < 1.29 is 0 Å². The Bertz CT molecular complexity index is 525. The Kier molecular flexibility index (Phi) is 1.88. The number of hydrogen-bond acceptors (Lipinski definition) is 4. The average Bonchev–Trinajstić information content (AvgIpc) is 3.04. The highest BCUT2D eigenvalue weighted by molar-refractivity contribution is 7.71. The van der Waals surface area contributed by atoms with E-state index in [4.69, 9.17) is 12.2 Å². The van der Waals surface area contributed by atoms with Crippen LogP contribution in [0.4, 0.5) is 0 Å². The summed E-state index contributed by atoms with van der Waals surface area (Å²) in [5.74, 6) is 1.54. The summed E-state index contributed by atoms with van der Waals surface area (Å²) in [5.41, 5.74) is 0.873. The molecule has 2 aromatic rings. The fraction of sp³-hybridized carbons (Fsp3) is 0.333. The Labute approximate surface area is 91.2 Å². The quantitative estimate of drug-likeness (QED) is 0.779. The highest BCUT2D eigenvalue weighted by Gasteiger charge is 2.29. The normalized spacial score (nSPS) is 15.5. The van der Waals surface area contributed by atoms with Crippen molar-refractivity contribution in [1.82, 2.24) is 24.7 Å². The van der Waals surface area contributed by atoms with Crippen LogP contribution >= 0.6 is 12.2 Å². The van der Waals surface area contributed by atoms with Crippen molar-refractivity contribution in [3.05, 3.63) is 29.3 Å². The predicted molar refractivity (Wildman–Crippen MR) is 56.3 cm³/mol. The van der Waals surface area contributed by atoms with Gasteiger partial charge in [-0.15, -0.1) is 0 Å². The number of aromatic nitrogens is 5. The number of nitrogens with zero attached hydrogens (tertiary/aromatic N) is 4. The third-order valence-corrected chi connectivity index (χ3v) is 2.72. The molecule has 0 amide bonds. The Morgan fingerprint density at radius 3 is 2.73 bits per heavy atom. The number of hydrogen-bond donors (Lipinski definition) is 1. The number of H-pyrrole nitrogens is 1. The van der Waals surface area contributed by atoms with Crippen LogP contribution in [-0.4, -0.2) is 24.7 Å². The summed E-state index contributed by atoms with van der Waals surface area (Å²) in [6.45, 7) is 0. The molecule has 3 rings (SSSR count). The smallest absolute Gasteiger partial charge is 0.199 e. The van der Waals surface area contributed by atoms with Gasteiger partial charge >= 0.3 is 0 Å². The summed E-state index contributed by atoms with van der Waals surface area (Å²) in [7, 11) is 0. The van der Waals surface area contributed by atoms with Gasteiger partial charge in [0.25, 0.3) is 0 Å². The van der Waals surface area contributed by atoms with Crippen LogP contribution < -0.4 is 0 Å². The molecule has 0 saturated heterocycles. The van der Waals surface area contributed by atoms with E-state index in [-0.39, 0.29) is 0 Å². The van der Waals surface area contributed by atoms with Crippen molar-refractivity contribution in [2.75, 3.05) is 0 Å². The van der Waals surface area contributed by atoms with Crippen molar-refractivity contribution in [2.45, 2.75) is 18.8 Å². The van der Waals surface area contributed by atoms with Crippen LogP contribution in [0.5, 0.6) is 0 Å². The van der Waals surface area contributed by atoms with Gasteiger partial charge in [-0.2, -0.15) is 5.10 Å². The second-order valence-corrected chi connectivity index (χ2v) is 3.98. The van der Waals surface area contributed by atoms with E-state index in [0.29, 0.717) is 10.7 Å². The SMILES string of the molecule is S=c1[nH]nc(C2CC2)n1-c1cncnc1. The third kappa shape index (κ3) is 1.46. The number of nitrogens with one attached hydrogen (secondary N) is 1. The maximum absolute atomic E-state index is 5.19. The third-order valence-electron chi connectivity index (χ3n) is 2.45. The van der Waals surface area contributed by atoms with Gasteiger partial charge in [-0.25, -0.2) is 9.97 Å². The first-order valence-electron chi connectivity index (χ1n) is 4.79. The van der Waals surface area contributed by atoms with Gasteiger partial charge in [-0.3, -0.25) is 9.67 Å². The molecule has 76 valence electrons. The summed E-state index contributed by atoms with van der Waals surface area (Å²) in [5, 5.41) is 7.06. The molecule has 0 bridgehead atoms. The fourth-order valence-corrected chi connectivity index (χ4v) is 1.83. The van der Waals surface area contributed by atoms with E-state index < -0.39 is 0 Å². The molecule has 1 aliphatic carbocycles. The molecular formula is C9H9N5S. The highest BCUT2D eigenvalue weighted by Crippen LogP contribution is 2.39. The Morgan fingerprint density at radius 2 is 2.07 bits per heavy atom. The molecule has 0 radical (unpaired) electrons. The van der Waals surface area contributed by atoms with E-state index in [2.05, 4.69) is 20.2 Å². The number of aromatic amines is 1. The lowest BCUT2D eigenvalue weighted by Gasteiger charge is -2.03. The minimum atomic E-state index is 0.540. The summed E-state index contributed by atoms with van der Waals surface area (Å²) in [4.78, 5) is 7.97. The van der Waals surface area contributed by atoms with Gasteiger partial charge in [-0.1, -0.05) is 0 Å². The molecule has 15 heavy (non-hydrogen) atoms. The summed E-state index contributed by atoms with van der Waals surface area (Å²) in [6, 6.07) is 0. The van der Waals surface area contributed by atoms with Crippen molar-refractivity contribution in [3.63, 3.8) is 0 Å². The lowest BCUT2D eigenvalue weighted by atomic mass is 10.4. The van der Waals surface area contributed by atoms with Crippen LogP contribution in [-0.2, 0) is 0 Å². The Morgan fingerprint density at radius 1 is 1.33 bits per heavy atom. The molecular weight excluding hydrogens is 210 g/mol. The summed E-state index contributed by atoms with van der Waals surface area (Å²) >= 11 is 5.19. The van der Waals surface area contributed by atoms with E-state index in [0.717, 1.165) is 11.5 Å². The zero-order valence-electron chi connectivity index (χ0n) is 7.92.